The molecule has 2 aromatic rings. The normalized spacial score (nSPS) is 18.6. The van der Waals surface area contributed by atoms with Gasteiger partial charge >= 0.3 is 12.0 Å². The van der Waals surface area contributed by atoms with Crippen LogP contribution in [0.5, 0.6) is 0 Å². The average Bonchev–Trinajstić information content (AvgIpc) is 2.75. The zero-order valence-corrected chi connectivity index (χ0v) is 16.8. The van der Waals surface area contributed by atoms with E-state index in [1.54, 1.807) is 12.1 Å². The number of aliphatic carboxylic acids is 1. The number of nitrogens with one attached hydrogen (secondary N) is 1. The quantitative estimate of drug-likeness (QED) is 0.663. The lowest BCUT2D eigenvalue weighted by molar-refractivity contribution is -0.142. The molecule has 2 aromatic carbocycles. The van der Waals surface area contributed by atoms with Crippen LogP contribution in [-0.4, -0.2) is 36.9 Å². The molecule has 3 rings (SSSR count). The molecular formula is C23H27FN2O4. The van der Waals surface area contributed by atoms with Crippen LogP contribution in [0.2, 0.25) is 0 Å². The smallest absolute Gasteiger partial charge is 0.329 e. The summed E-state index contributed by atoms with van der Waals surface area (Å²) in [5.41, 5.74) is 1.29. The Balaban J connectivity index is 1.60. The van der Waals surface area contributed by atoms with E-state index in [1.165, 1.54) is 17.0 Å². The van der Waals surface area contributed by atoms with Crippen LogP contribution in [0.4, 0.5) is 20.6 Å². The van der Waals surface area contributed by atoms with Gasteiger partial charge in [-0.3, -0.25) is 4.90 Å². The molecule has 7 heteroatoms. The Morgan fingerprint density at radius 1 is 1.03 bits per heavy atom. The van der Waals surface area contributed by atoms with Crippen LogP contribution in [0.1, 0.15) is 25.7 Å². The summed E-state index contributed by atoms with van der Waals surface area (Å²) in [4.78, 5) is 25.2. The fourth-order valence-corrected chi connectivity index (χ4v) is 3.91. The van der Waals surface area contributed by atoms with E-state index in [-0.39, 0.29) is 18.5 Å². The van der Waals surface area contributed by atoms with Crippen LogP contribution in [0, 0.1) is 17.7 Å². The van der Waals surface area contributed by atoms with Crippen LogP contribution in [0.15, 0.2) is 54.6 Å². The van der Waals surface area contributed by atoms with Gasteiger partial charge in [0.1, 0.15) is 12.4 Å². The van der Waals surface area contributed by atoms with Crippen LogP contribution in [0.3, 0.4) is 0 Å². The maximum absolute atomic E-state index is 13.4. The molecule has 0 bridgehead atoms. The van der Waals surface area contributed by atoms with Crippen molar-refractivity contribution in [3.63, 3.8) is 0 Å². The maximum atomic E-state index is 13.4. The minimum absolute atomic E-state index is 0.267. The van der Waals surface area contributed by atoms with Crippen LogP contribution in [0.25, 0.3) is 0 Å². The Hall–Kier alpha value is -2.93. The van der Waals surface area contributed by atoms with E-state index >= 15 is 0 Å². The third-order valence-corrected chi connectivity index (χ3v) is 5.31. The number of para-hydroxylation sites is 1. The summed E-state index contributed by atoms with van der Waals surface area (Å²) >= 11 is 0. The van der Waals surface area contributed by atoms with Crippen molar-refractivity contribution in [1.82, 2.24) is 5.32 Å². The van der Waals surface area contributed by atoms with E-state index in [0.29, 0.717) is 36.4 Å². The first kappa shape index (κ1) is 21.8. The van der Waals surface area contributed by atoms with Crippen molar-refractivity contribution < 1.29 is 23.8 Å². The topological polar surface area (TPSA) is 78.9 Å². The highest BCUT2D eigenvalue weighted by Gasteiger charge is 2.24. The number of rotatable bonds is 8. The third-order valence-electron chi connectivity index (χ3n) is 5.31. The fraction of sp³-hybridized carbons (Fsp3) is 0.391. The van der Waals surface area contributed by atoms with Gasteiger partial charge in [-0.1, -0.05) is 24.6 Å². The van der Waals surface area contributed by atoms with E-state index in [0.717, 1.165) is 25.7 Å². The number of nitrogens with zero attached hydrogens (tertiary/aromatic N) is 1. The summed E-state index contributed by atoms with van der Waals surface area (Å²) in [6.07, 6.45) is 3.94. The van der Waals surface area contributed by atoms with E-state index in [1.807, 2.05) is 30.3 Å². The van der Waals surface area contributed by atoms with Crippen LogP contribution in [-0.2, 0) is 9.53 Å². The molecular weight excluding hydrogens is 387 g/mol. The van der Waals surface area contributed by atoms with Crippen molar-refractivity contribution in [1.29, 1.82) is 0 Å². The molecule has 0 spiro atoms. The molecule has 2 atom stereocenters. The lowest BCUT2D eigenvalue weighted by Gasteiger charge is -2.30. The predicted molar refractivity (Wildman–Crippen MR) is 112 cm³/mol. The number of benzene rings is 2. The van der Waals surface area contributed by atoms with Gasteiger partial charge in [0.15, 0.2) is 0 Å². The zero-order valence-electron chi connectivity index (χ0n) is 16.8. The van der Waals surface area contributed by atoms with Crippen LogP contribution >= 0.6 is 0 Å². The summed E-state index contributed by atoms with van der Waals surface area (Å²) in [5.74, 6) is -0.698. The molecule has 0 aromatic heterocycles. The highest BCUT2D eigenvalue weighted by Crippen LogP contribution is 2.30. The molecule has 30 heavy (non-hydrogen) atoms. The Bertz CT molecular complexity index is 829. The van der Waals surface area contributed by atoms with Crippen molar-refractivity contribution in [2.24, 2.45) is 11.8 Å². The number of hydrogen-bond acceptors (Lipinski definition) is 3. The lowest BCUT2D eigenvalue weighted by Crippen LogP contribution is -2.40. The van der Waals surface area contributed by atoms with E-state index in [4.69, 9.17) is 9.84 Å². The number of ether oxygens (including phenoxy) is 1. The van der Waals surface area contributed by atoms with Gasteiger partial charge in [0.2, 0.25) is 0 Å². The Kier molecular flexibility index (Phi) is 7.79. The number of halogens is 1. The first-order chi connectivity index (χ1) is 14.5. The molecule has 6 nitrogen and oxygen atoms in total. The number of anilines is 2. The number of hydrogen-bond donors (Lipinski definition) is 2. The number of amides is 2. The number of carboxylic acids is 1. The largest absolute Gasteiger partial charge is 0.480 e. The first-order valence-corrected chi connectivity index (χ1v) is 10.2. The van der Waals surface area contributed by atoms with Crippen molar-refractivity contribution in [3.05, 3.63) is 60.4 Å². The molecule has 0 aliphatic heterocycles. The van der Waals surface area contributed by atoms with E-state index in [9.17, 15) is 14.0 Å². The number of carbonyl (C=O) groups excluding carboxylic acids is 1. The van der Waals surface area contributed by atoms with Crippen molar-refractivity contribution in [2.75, 3.05) is 24.7 Å². The van der Waals surface area contributed by atoms with Gasteiger partial charge in [0.05, 0.1) is 18.0 Å². The van der Waals surface area contributed by atoms with E-state index < -0.39 is 5.97 Å². The van der Waals surface area contributed by atoms with Gasteiger partial charge < -0.3 is 15.2 Å². The molecule has 1 saturated carbocycles. The van der Waals surface area contributed by atoms with Crippen molar-refractivity contribution >= 4 is 23.4 Å². The summed E-state index contributed by atoms with van der Waals surface area (Å²) in [6.45, 7) is 0.683. The van der Waals surface area contributed by atoms with Gasteiger partial charge in [-0.05, 0) is 67.5 Å². The summed E-state index contributed by atoms with van der Waals surface area (Å²) in [6, 6.07) is 14.8. The zero-order chi connectivity index (χ0) is 21.3. The van der Waals surface area contributed by atoms with Gasteiger partial charge in [-0.15, -0.1) is 0 Å². The standard InChI is InChI=1S/C23H27FN2O4/c24-19-9-11-21(12-10-19)26(20-7-2-1-3-8-20)23(29)25-14-17-5-4-6-18(13-17)15-30-16-22(27)28/h1-3,7-12,17-18H,4-6,13-16H2,(H,25,29)(H,27,28). The van der Waals surface area contributed by atoms with Gasteiger partial charge in [0, 0.05) is 6.54 Å². The third kappa shape index (κ3) is 6.29. The fourth-order valence-electron chi connectivity index (χ4n) is 3.91. The highest BCUT2D eigenvalue weighted by molar-refractivity contribution is 5.99. The summed E-state index contributed by atoms with van der Waals surface area (Å²) in [5, 5.41) is 11.7. The highest BCUT2D eigenvalue weighted by atomic mass is 19.1. The maximum Gasteiger partial charge on any atom is 0.329 e. The first-order valence-electron chi connectivity index (χ1n) is 10.2. The number of urea groups is 1. The van der Waals surface area contributed by atoms with E-state index in [2.05, 4.69) is 5.32 Å². The molecule has 1 aliphatic carbocycles. The molecule has 1 fully saturated rings. The molecule has 0 heterocycles. The number of carbonyl (C=O) groups is 2. The second kappa shape index (κ2) is 10.7. The Morgan fingerprint density at radius 3 is 2.40 bits per heavy atom. The number of carboxylic acid groups (broad SMARTS) is 1. The molecule has 2 unspecified atom stereocenters. The van der Waals surface area contributed by atoms with Crippen molar-refractivity contribution in [3.8, 4) is 0 Å². The monoisotopic (exact) mass is 414 g/mol. The minimum atomic E-state index is -0.962. The molecule has 0 saturated heterocycles. The lowest BCUT2D eigenvalue weighted by atomic mass is 9.82. The van der Waals surface area contributed by atoms with Crippen LogP contribution < -0.4 is 10.2 Å². The van der Waals surface area contributed by atoms with Gasteiger partial charge in [0.25, 0.3) is 0 Å². The summed E-state index contributed by atoms with van der Waals surface area (Å²) in [7, 11) is 0. The van der Waals surface area contributed by atoms with Gasteiger partial charge in [-0.25, -0.2) is 14.0 Å². The second-order valence-corrected chi connectivity index (χ2v) is 7.64. The minimum Gasteiger partial charge on any atom is -0.480 e. The molecule has 1 aliphatic rings. The van der Waals surface area contributed by atoms with Crippen molar-refractivity contribution in [2.45, 2.75) is 25.7 Å². The average molecular weight is 414 g/mol. The predicted octanol–water partition coefficient (Wildman–Crippen LogP) is 4.58. The Morgan fingerprint density at radius 2 is 1.70 bits per heavy atom. The molecule has 2 amide bonds. The molecule has 2 N–H and O–H groups in total. The molecule has 160 valence electrons. The SMILES string of the molecule is O=C(O)COCC1CCCC(CNC(=O)N(c2ccccc2)c2ccc(F)cc2)C1. The second-order valence-electron chi connectivity index (χ2n) is 7.64. The van der Waals surface area contributed by atoms with Gasteiger partial charge in [-0.2, -0.15) is 0 Å². The Labute approximate surface area is 175 Å². The summed E-state index contributed by atoms with van der Waals surface area (Å²) < 4.78 is 18.6. The molecule has 0 radical (unpaired) electrons.